The first kappa shape index (κ1) is 21.7. The van der Waals surface area contributed by atoms with Gasteiger partial charge in [-0.25, -0.2) is 0 Å². The second kappa shape index (κ2) is 10.7. The summed E-state index contributed by atoms with van der Waals surface area (Å²) >= 11 is 5.88. The number of halogens is 1. The van der Waals surface area contributed by atoms with Crippen LogP contribution in [0.3, 0.4) is 0 Å². The Hall–Kier alpha value is -1.56. The van der Waals surface area contributed by atoms with Crippen molar-refractivity contribution in [3.63, 3.8) is 0 Å². The van der Waals surface area contributed by atoms with Crippen LogP contribution in [0.4, 0.5) is 0 Å². The summed E-state index contributed by atoms with van der Waals surface area (Å²) in [5.74, 6) is 1.04. The van der Waals surface area contributed by atoms with Crippen molar-refractivity contribution in [1.29, 1.82) is 0 Å². The third-order valence-electron chi connectivity index (χ3n) is 4.96. The van der Waals surface area contributed by atoms with E-state index >= 15 is 0 Å². The van der Waals surface area contributed by atoms with Crippen LogP contribution < -0.4 is 4.74 Å². The molecule has 0 saturated carbocycles. The lowest BCUT2D eigenvalue weighted by Gasteiger charge is -2.38. The molecule has 1 heterocycles. The highest BCUT2D eigenvalue weighted by Gasteiger charge is 2.28. The highest BCUT2D eigenvalue weighted by Crippen LogP contribution is 2.15. The maximum Gasteiger partial charge on any atom is 0.239 e. The number of ether oxygens (including phenoxy) is 1. The molecular formula is C21H32ClN3O2. The molecule has 5 nitrogen and oxygen atoms in total. The summed E-state index contributed by atoms with van der Waals surface area (Å²) < 4.78 is 5.78. The number of hydrogen-bond donors (Lipinski definition) is 0. The fourth-order valence-electron chi connectivity index (χ4n) is 3.29. The SMILES string of the molecule is C=C(C)CN(CC)C(=O)C(C)N1CCN(CCOc2ccc(Cl)cc2)CC1. The van der Waals surface area contributed by atoms with Gasteiger partial charge < -0.3 is 9.64 Å². The van der Waals surface area contributed by atoms with Crippen molar-refractivity contribution in [2.24, 2.45) is 0 Å². The molecule has 1 aliphatic heterocycles. The number of rotatable bonds is 9. The molecular weight excluding hydrogens is 362 g/mol. The standard InChI is InChI=1S/C21H32ClN3O2/c1-5-24(16-17(2)3)21(26)18(4)25-12-10-23(11-13-25)14-15-27-20-8-6-19(22)7-9-20/h6-9,18H,2,5,10-16H2,1,3-4H3. The summed E-state index contributed by atoms with van der Waals surface area (Å²) in [5, 5.41) is 0.715. The molecule has 1 unspecified atom stereocenters. The predicted molar refractivity (Wildman–Crippen MR) is 111 cm³/mol. The van der Waals surface area contributed by atoms with Gasteiger partial charge in [0.2, 0.25) is 5.91 Å². The Kier molecular flexibility index (Phi) is 8.61. The number of amides is 1. The molecule has 1 amide bonds. The Bertz CT molecular complexity index is 612. The molecule has 0 bridgehead atoms. The van der Waals surface area contributed by atoms with E-state index < -0.39 is 0 Å². The summed E-state index contributed by atoms with van der Waals surface area (Å²) in [6.07, 6.45) is 0. The van der Waals surface area contributed by atoms with Gasteiger partial charge in [-0.15, -0.1) is 0 Å². The Balaban J connectivity index is 1.73. The monoisotopic (exact) mass is 393 g/mol. The molecule has 6 heteroatoms. The maximum atomic E-state index is 12.7. The van der Waals surface area contributed by atoms with E-state index in [2.05, 4.69) is 16.4 Å². The smallest absolute Gasteiger partial charge is 0.239 e. The lowest BCUT2D eigenvalue weighted by molar-refractivity contribution is -0.136. The average molecular weight is 394 g/mol. The lowest BCUT2D eigenvalue weighted by atomic mass is 10.2. The normalized spacial score (nSPS) is 16.7. The Labute approximate surface area is 168 Å². The molecule has 1 aromatic carbocycles. The van der Waals surface area contributed by atoms with E-state index in [0.29, 0.717) is 18.2 Å². The van der Waals surface area contributed by atoms with E-state index in [1.165, 1.54) is 0 Å². The number of carbonyl (C=O) groups is 1. The third kappa shape index (κ3) is 6.83. The van der Waals surface area contributed by atoms with Gasteiger partial charge in [0.05, 0.1) is 6.04 Å². The van der Waals surface area contributed by atoms with Crippen LogP contribution in [0.1, 0.15) is 20.8 Å². The van der Waals surface area contributed by atoms with E-state index in [4.69, 9.17) is 16.3 Å². The quantitative estimate of drug-likeness (QED) is 0.604. The third-order valence-corrected chi connectivity index (χ3v) is 5.21. The summed E-state index contributed by atoms with van der Waals surface area (Å²) in [7, 11) is 0. The highest BCUT2D eigenvalue weighted by atomic mass is 35.5. The minimum absolute atomic E-state index is 0.0863. The molecule has 27 heavy (non-hydrogen) atoms. The molecule has 1 fully saturated rings. The van der Waals surface area contributed by atoms with Crippen molar-refractivity contribution in [1.82, 2.24) is 14.7 Å². The molecule has 0 N–H and O–H groups in total. The number of carbonyl (C=O) groups excluding carboxylic acids is 1. The summed E-state index contributed by atoms with van der Waals surface area (Å²) in [5.41, 5.74) is 1.02. The number of piperazine rings is 1. The van der Waals surface area contributed by atoms with Crippen molar-refractivity contribution in [2.75, 3.05) is 52.4 Å². The van der Waals surface area contributed by atoms with Crippen molar-refractivity contribution < 1.29 is 9.53 Å². The predicted octanol–water partition coefficient (Wildman–Crippen LogP) is 3.15. The van der Waals surface area contributed by atoms with E-state index in [0.717, 1.165) is 50.6 Å². The summed E-state index contributed by atoms with van der Waals surface area (Å²) in [4.78, 5) is 19.3. The van der Waals surface area contributed by atoms with Crippen LogP contribution in [0, 0.1) is 0 Å². The molecule has 1 aliphatic rings. The van der Waals surface area contributed by atoms with Crippen LogP contribution in [0.5, 0.6) is 5.75 Å². The van der Waals surface area contributed by atoms with Gasteiger partial charge in [-0.05, 0) is 45.0 Å². The van der Waals surface area contributed by atoms with Crippen LogP contribution in [0.2, 0.25) is 5.02 Å². The van der Waals surface area contributed by atoms with Gasteiger partial charge in [-0.1, -0.05) is 23.8 Å². The van der Waals surface area contributed by atoms with Crippen LogP contribution >= 0.6 is 11.6 Å². The Morgan fingerprint density at radius 2 is 1.89 bits per heavy atom. The number of benzene rings is 1. The van der Waals surface area contributed by atoms with E-state index in [1.807, 2.05) is 49.9 Å². The molecule has 1 aromatic rings. The van der Waals surface area contributed by atoms with Crippen molar-refractivity contribution in [3.05, 3.63) is 41.4 Å². The second-order valence-corrected chi connectivity index (χ2v) is 7.60. The Morgan fingerprint density at radius 1 is 1.26 bits per heavy atom. The zero-order chi connectivity index (χ0) is 19.8. The van der Waals surface area contributed by atoms with Gasteiger partial charge in [-0.3, -0.25) is 14.6 Å². The van der Waals surface area contributed by atoms with Crippen LogP contribution in [0.15, 0.2) is 36.4 Å². The van der Waals surface area contributed by atoms with Crippen LogP contribution in [-0.2, 0) is 4.79 Å². The lowest BCUT2D eigenvalue weighted by Crippen LogP contribution is -2.55. The number of nitrogens with zero attached hydrogens (tertiary/aromatic N) is 3. The molecule has 2 rings (SSSR count). The average Bonchev–Trinajstić information content (AvgIpc) is 2.67. The molecule has 0 aromatic heterocycles. The van der Waals surface area contributed by atoms with E-state index in [-0.39, 0.29) is 11.9 Å². The van der Waals surface area contributed by atoms with Gasteiger partial charge in [0, 0.05) is 50.8 Å². The zero-order valence-electron chi connectivity index (χ0n) is 16.8. The molecule has 0 radical (unpaired) electrons. The largest absolute Gasteiger partial charge is 0.492 e. The van der Waals surface area contributed by atoms with Crippen LogP contribution in [-0.4, -0.2) is 79.1 Å². The van der Waals surface area contributed by atoms with Crippen molar-refractivity contribution in [2.45, 2.75) is 26.8 Å². The highest BCUT2D eigenvalue weighted by molar-refractivity contribution is 6.30. The second-order valence-electron chi connectivity index (χ2n) is 7.17. The van der Waals surface area contributed by atoms with Gasteiger partial charge in [-0.2, -0.15) is 0 Å². The minimum Gasteiger partial charge on any atom is -0.492 e. The molecule has 0 spiro atoms. The zero-order valence-corrected chi connectivity index (χ0v) is 17.5. The minimum atomic E-state index is -0.0863. The molecule has 0 aliphatic carbocycles. The fraction of sp³-hybridized carbons (Fsp3) is 0.571. The molecule has 1 saturated heterocycles. The first-order chi connectivity index (χ1) is 12.9. The van der Waals surface area contributed by atoms with Gasteiger partial charge in [0.1, 0.15) is 12.4 Å². The van der Waals surface area contributed by atoms with E-state index in [1.54, 1.807) is 0 Å². The number of likely N-dealkylation sites (N-methyl/N-ethyl adjacent to an activating group) is 1. The van der Waals surface area contributed by atoms with E-state index in [9.17, 15) is 4.79 Å². The fourth-order valence-corrected chi connectivity index (χ4v) is 3.42. The topological polar surface area (TPSA) is 36.0 Å². The van der Waals surface area contributed by atoms with Gasteiger partial charge in [0.15, 0.2) is 0 Å². The molecule has 150 valence electrons. The Morgan fingerprint density at radius 3 is 2.44 bits per heavy atom. The maximum absolute atomic E-state index is 12.7. The van der Waals surface area contributed by atoms with Gasteiger partial charge in [0.25, 0.3) is 0 Å². The number of hydrogen-bond acceptors (Lipinski definition) is 4. The summed E-state index contributed by atoms with van der Waals surface area (Å²) in [6, 6.07) is 7.36. The molecule has 1 atom stereocenters. The van der Waals surface area contributed by atoms with Crippen LogP contribution in [0.25, 0.3) is 0 Å². The van der Waals surface area contributed by atoms with Crippen molar-refractivity contribution in [3.8, 4) is 5.75 Å². The summed E-state index contributed by atoms with van der Waals surface area (Å²) in [6.45, 7) is 16.5. The van der Waals surface area contributed by atoms with Crippen molar-refractivity contribution >= 4 is 17.5 Å². The first-order valence-corrected chi connectivity index (χ1v) is 10.1. The van der Waals surface area contributed by atoms with Gasteiger partial charge >= 0.3 is 0 Å². The first-order valence-electron chi connectivity index (χ1n) is 9.68.